The van der Waals surface area contributed by atoms with Gasteiger partial charge in [0.2, 0.25) is 0 Å². The Labute approximate surface area is 214 Å². The van der Waals surface area contributed by atoms with Crippen molar-refractivity contribution in [1.82, 2.24) is 4.98 Å². The number of benzene rings is 3. The number of rotatable bonds is 8. The van der Waals surface area contributed by atoms with E-state index in [2.05, 4.69) is 17.7 Å². The van der Waals surface area contributed by atoms with Crippen LogP contribution in [-0.4, -0.2) is 38.6 Å². The Bertz CT molecular complexity index is 1460. The van der Waals surface area contributed by atoms with Crippen molar-refractivity contribution in [3.05, 3.63) is 83.9 Å². The number of thiazole rings is 1. The number of hydrogen-bond acceptors (Lipinski definition) is 6. The first-order chi connectivity index (χ1) is 17.4. The van der Waals surface area contributed by atoms with Gasteiger partial charge in [0, 0.05) is 17.9 Å². The average Bonchev–Trinajstić information content (AvgIpc) is 3.57. The van der Waals surface area contributed by atoms with Crippen molar-refractivity contribution in [2.24, 2.45) is 0 Å². The Morgan fingerprint density at radius 2 is 1.86 bits per heavy atom. The molecule has 1 unspecified atom stereocenters. The molecule has 1 atom stereocenters. The van der Waals surface area contributed by atoms with Crippen LogP contribution in [0.4, 0.5) is 10.8 Å². The van der Waals surface area contributed by atoms with Crippen LogP contribution in [0.25, 0.3) is 10.2 Å². The number of hydrogen-bond donors (Lipinski definition) is 1. The summed E-state index contributed by atoms with van der Waals surface area (Å²) < 4.78 is 34.7. The molecule has 3 aromatic carbocycles. The molecule has 1 aromatic heterocycles. The SMILES string of the molecule is CCc1cccc2sc(N(CC3CCCO3)C(=O)c3ccc(NS(=O)(=O)c4ccccc4)cc3)nc12. The number of para-hydroxylation sites is 1. The van der Waals surface area contributed by atoms with Crippen LogP contribution in [0, 0.1) is 0 Å². The summed E-state index contributed by atoms with van der Waals surface area (Å²) in [5, 5.41) is 0.639. The van der Waals surface area contributed by atoms with Crippen LogP contribution in [-0.2, 0) is 21.2 Å². The zero-order valence-corrected chi connectivity index (χ0v) is 21.5. The molecule has 0 aliphatic carbocycles. The fraction of sp³-hybridized carbons (Fsp3) is 0.259. The monoisotopic (exact) mass is 521 g/mol. The number of fused-ring (bicyclic) bond motifs is 1. The molecule has 4 aromatic rings. The number of nitrogens with zero attached hydrogens (tertiary/aromatic N) is 2. The maximum atomic E-state index is 13.7. The quantitative estimate of drug-likeness (QED) is 0.331. The topological polar surface area (TPSA) is 88.6 Å². The van der Waals surface area contributed by atoms with Gasteiger partial charge in [-0.3, -0.25) is 14.4 Å². The summed E-state index contributed by atoms with van der Waals surface area (Å²) in [6, 6.07) is 20.8. The Morgan fingerprint density at radius 1 is 1.08 bits per heavy atom. The predicted octanol–water partition coefficient (Wildman–Crippen LogP) is 5.49. The molecule has 0 saturated carbocycles. The maximum absolute atomic E-state index is 13.7. The van der Waals surface area contributed by atoms with E-state index in [1.54, 1.807) is 47.4 Å². The van der Waals surface area contributed by atoms with Crippen LogP contribution in [0.15, 0.2) is 77.7 Å². The Balaban J connectivity index is 1.42. The van der Waals surface area contributed by atoms with E-state index in [0.29, 0.717) is 29.5 Å². The number of sulfonamides is 1. The van der Waals surface area contributed by atoms with Gasteiger partial charge in [-0.2, -0.15) is 0 Å². The molecule has 36 heavy (non-hydrogen) atoms. The molecule has 2 heterocycles. The molecule has 1 aliphatic rings. The van der Waals surface area contributed by atoms with Gasteiger partial charge in [-0.05, 0) is 67.3 Å². The number of carbonyl (C=O) groups is 1. The number of amides is 1. The van der Waals surface area contributed by atoms with E-state index in [1.807, 2.05) is 12.1 Å². The van der Waals surface area contributed by atoms with Crippen molar-refractivity contribution in [2.75, 3.05) is 22.8 Å². The van der Waals surface area contributed by atoms with Crippen LogP contribution < -0.4 is 9.62 Å². The molecule has 0 spiro atoms. The first-order valence-electron chi connectivity index (χ1n) is 11.9. The molecule has 1 fully saturated rings. The second-order valence-corrected chi connectivity index (χ2v) is 11.4. The maximum Gasteiger partial charge on any atom is 0.261 e. The van der Waals surface area contributed by atoms with E-state index in [-0.39, 0.29) is 16.9 Å². The van der Waals surface area contributed by atoms with Crippen molar-refractivity contribution in [2.45, 2.75) is 37.2 Å². The Morgan fingerprint density at radius 3 is 2.56 bits per heavy atom. The van der Waals surface area contributed by atoms with Crippen LogP contribution >= 0.6 is 11.3 Å². The van der Waals surface area contributed by atoms with E-state index in [4.69, 9.17) is 9.72 Å². The van der Waals surface area contributed by atoms with E-state index < -0.39 is 10.0 Å². The van der Waals surface area contributed by atoms with Crippen molar-refractivity contribution in [1.29, 1.82) is 0 Å². The van der Waals surface area contributed by atoms with Crippen molar-refractivity contribution in [3.63, 3.8) is 0 Å². The number of nitrogens with one attached hydrogen (secondary N) is 1. The van der Waals surface area contributed by atoms with Gasteiger partial charge in [-0.25, -0.2) is 13.4 Å². The molecule has 7 nitrogen and oxygen atoms in total. The molecule has 1 saturated heterocycles. The van der Waals surface area contributed by atoms with E-state index in [9.17, 15) is 13.2 Å². The lowest BCUT2D eigenvalue weighted by Gasteiger charge is -2.23. The highest BCUT2D eigenvalue weighted by Gasteiger charge is 2.27. The minimum absolute atomic E-state index is 0.0384. The minimum Gasteiger partial charge on any atom is -0.376 e. The number of carbonyl (C=O) groups excluding carboxylic acids is 1. The highest BCUT2D eigenvalue weighted by Crippen LogP contribution is 2.33. The second-order valence-electron chi connectivity index (χ2n) is 8.66. The molecule has 1 aliphatic heterocycles. The summed E-state index contributed by atoms with van der Waals surface area (Å²) in [4.78, 5) is 20.4. The zero-order chi connectivity index (χ0) is 25.1. The van der Waals surface area contributed by atoms with Crippen LogP contribution in [0.1, 0.15) is 35.7 Å². The molecular formula is C27H27N3O4S2. The molecular weight excluding hydrogens is 494 g/mol. The van der Waals surface area contributed by atoms with Crippen LogP contribution in [0.3, 0.4) is 0 Å². The third-order valence-corrected chi connectivity index (χ3v) is 8.64. The summed E-state index contributed by atoms with van der Waals surface area (Å²) in [6.07, 6.45) is 2.70. The molecule has 0 bridgehead atoms. The lowest BCUT2D eigenvalue weighted by molar-refractivity contribution is 0.0917. The minimum atomic E-state index is -3.71. The average molecular weight is 522 g/mol. The molecule has 1 amide bonds. The van der Waals surface area contributed by atoms with E-state index in [0.717, 1.165) is 35.0 Å². The fourth-order valence-electron chi connectivity index (χ4n) is 4.28. The third-order valence-electron chi connectivity index (χ3n) is 6.20. The van der Waals surface area contributed by atoms with Gasteiger partial charge in [0.05, 0.1) is 27.8 Å². The highest BCUT2D eigenvalue weighted by atomic mass is 32.2. The van der Waals surface area contributed by atoms with E-state index in [1.165, 1.54) is 23.5 Å². The number of ether oxygens (including phenoxy) is 1. The van der Waals surface area contributed by atoms with Gasteiger partial charge in [-0.15, -0.1) is 0 Å². The van der Waals surface area contributed by atoms with Gasteiger partial charge < -0.3 is 4.74 Å². The second kappa shape index (κ2) is 10.4. The standard InChI is InChI=1S/C27H27N3O4S2/c1-2-19-8-6-12-24-25(19)28-27(35-24)30(18-22-9-7-17-34-22)26(31)20-13-15-21(16-14-20)29-36(32,33)23-10-4-3-5-11-23/h3-6,8,10-16,22,29H,2,7,9,17-18H2,1H3. The van der Waals surface area contributed by atoms with Gasteiger partial charge in [0.15, 0.2) is 5.13 Å². The lowest BCUT2D eigenvalue weighted by Crippen LogP contribution is -2.37. The Kier molecular flexibility index (Phi) is 7.04. The number of anilines is 2. The molecule has 1 N–H and O–H groups in total. The number of aromatic nitrogens is 1. The van der Waals surface area contributed by atoms with Gasteiger partial charge in [-0.1, -0.05) is 48.6 Å². The fourth-order valence-corrected chi connectivity index (χ4v) is 6.39. The molecule has 5 rings (SSSR count). The molecule has 186 valence electrons. The van der Waals surface area contributed by atoms with Crippen LogP contribution in [0.2, 0.25) is 0 Å². The van der Waals surface area contributed by atoms with Gasteiger partial charge >= 0.3 is 0 Å². The molecule has 0 radical (unpaired) electrons. The zero-order valence-electron chi connectivity index (χ0n) is 19.9. The first kappa shape index (κ1) is 24.4. The predicted molar refractivity (Wildman–Crippen MR) is 143 cm³/mol. The highest BCUT2D eigenvalue weighted by molar-refractivity contribution is 7.92. The Hall–Kier alpha value is -3.27. The summed E-state index contributed by atoms with van der Waals surface area (Å²) in [7, 11) is -3.71. The van der Waals surface area contributed by atoms with Crippen LogP contribution in [0.5, 0.6) is 0 Å². The van der Waals surface area contributed by atoms with Gasteiger partial charge in [0.25, 0.3) is 15.9 Å². The summed E-state index contributed by atoms with van der Waals surface area (Å²) in [6.45, 7) is 3.21. The summed E-state index contributed by atoms with van der Waals surface area (Å²) in [5.74, 6) is -0.194. The first-order valence-corrected chi connectivity index (χ1v) is 14.2. The lowest BCUT2D eigenvalue weighted by atomic mass is 10.1. The van der Waals surface area contributed by atoms with E-state index >= 15 is 0 Å². The smallest absolute Gasteiger partial charge is 0.261 e. The summed E-state index contributed by atoms with van der Waals surface area (Å²) in [5.41, 5.74) is 2.91. The largest absolute Gasteiger partial charge is 0.376 e. The normalized spacial score (nSPS) is 15.8. The summed E-state index contributed by atoms with van der Waals surface area (Å²) >= 11 is 1.50. The van der Waals surface area contributed by atoms with Crippen molar-refractivity contribution >= 4 is 48.3 Å². The molecule has 9 heteroatoms. The van der Waals surface area contributed by atoms with Crippen molar-refractivity contribution < 1.29 is 17.9 Å². The number of aryl methyl sites for hydroxylation is 1. The van der Waals surface area contributed by atoms with Crippen molar-refractivity contribution in [3.8, 4) is 0 Å². The van der Waals surface area contributed by atoms with Gasteiger partial charge in [0.1, 0.15) is 0 Å². The third kappa shape index (κ3) is 5.13.